The van der Waals surface area contributed by atoms with E-state index in [1.807, 2.05) is 12.1 Å². The smallest absolute Gasteiger partial charge is 0.0579 e. The molecule has 0 aliphatic rings. The molecule has 0 saturated carbocycles. The zero-order valence-corrected chi connectivity index (χ0v) is 13.4. The van der Waals surface area contributed by atoms with E-state index in [0.29, 0.717) is 0 Å². The Bertz CT molecular complexity index is 551. The number of aryl methyl sites for hydroxylation is 1. The van der Waals surface area contributed by atoms with Crippen LogP contribution in [0.25, 0.3) is 0 Å². The summed E-state index contributed by atoms with van der Waals surface area (Å²) < 4.78 is 1.10. The van der Waals surface area contributed by atoms with Gasteiger partial charge in [-0.15, -0.1) is 0 Å². The molecule has 1 nitrogen and oxygen atoms in total. The lowest BCUT2D eigenvalue weighted by Crippen LogP contribution is -2.22. The third-order valence-electron chi connectivity index (χ3n) is 3.16. The summed E-state index contributed by atoms with van der Waals surface area (Å²) in [6.07, 6.45) is 0. The topological polar surface area (TPSA) is 12.0 Å². The monoisotopic (exact) mass is 337 g/mol. The maximum absolute atomic E-state index is 5.97. The van der Waals surface area contributed by atoms with Gasteiger partial charge in [-0.3, -0.25) is 0 Å². The Morgan fingerprint density at radius 3 is 2.47 bits per heavy atom. The molecule has 0 radical (unpaired) electrons. The quantitative estimate of drug-likeness (QED) is 0.817. The average molecular weight is 339 g/mol. The van der Waals surface area contributed by atoms with Gasteiger partial charge in [0.2, 0.25) is 0 Å². The van der Waals surface area contributed by atoms with E-state index in [1.165, 1.54) is 16.7 Å². The summed E-state index contributed by atoms with van der Waals surface area (Å²) >= 11 is 9.52. The fourth-order valence-electron chi connectivity index (χ4n) is 2.19. The predicted octanol–water partition coefficient (Wildman–Crippen LogP) is 5.11. The summed E-state index contributed by atoms with van der Waals surface area (Å²) in [4.78, 5) is 0. The minimum atomic E-state index is 0.194. The molecule has 0 spiro atoms. The van der Waals surface area contributed by atoms with Gasteiger partial charge in [0.05, 0.1) is 6.04 Å². The van der Waals surface area contributed by atoms with E-state index in [-0.39, 0.29) is 6.04 Å². The number of benzene rings is 2. The summed E-state index contributed by atoms with van der Waals surface area (Å²) in [5, 5.41) is 4.31. The van der Waals surface area contributed by atoms with Crippen LogP contribution in [0.3, 0.4) is 0 Å². The number of hydrogen-bond donors (Lipinski definition) is 1. The van der Waals surface area contributed by atoms with E-state index < -0.39 is 0 Å². The van der Waals surface area contributed by atoms with E-state index in [2.05, 4.69) is 65.4 Å². The van der Waals surface area contributed by atoms with Crippen molar-refractivity contribution in [1.29, 1.82) is 0 Å². The van der Waals surface area contributed by atoms with Crippen molar-refractivity contribution in [2.24, 2.45) is 0 Å². The molecule has 3 heteroatoms. The Balaban J connectivity index is 2.44. The first-order valence-corrected chi connectivity index (χ1v) is 7.54. The molecule has 100 valence electrons. The van der Waals surface area contributed by atoms with Gasteiger partial charge < -0.3 is 5.32 Å². The first-order chi connectivity index (χ1) is 9.11. The fourth-order valence-corrected chi connectivity index (χ4v) is 2.69. The van der Waals surface area contributed by atoms with Crippen LogP contribution in [0.1, 0.15) is 29.7 Å². The Morgan fingerprint density at radius 1 is 1.16 bits per heavy atom. The van der Waals surface area contributed by atoms with Crippen molar-refractivity contribution in [2.45, 2.75) is 19.9 Å². The molecule has 0 fully saturated rings. The van der Waals surface area contributed by atoms with Crippen molar-refractivity contribution < 1.29 is 0 Å². The van der Waals surface area contributed by atoms with E-state index in [4.69, 9.17) is 11.6 Å². The van der Waals surface area contributed by atoms with Crippen LogP contribution < -0.4 is 5.32 Å². The van der Waals surface area contributed by atoms with Gasteiger partial charge in [0, 0.05) is 9.50 Å². The average Bonchev–Trinajstić information content (AvgIpc) is 2.40. The minimum Gasteiger partial charge on any atom is -0.307 e. The Hall–Kier alpha value is -0.830. The lowest BCUT2D eigenvalue weighted by atomic mass is 9.95. The third-order valence-corrected chi connectivity index (χ3v) is 3.91. The number of nitrogens with one attached hydrogen (secondary N) is 1. The molecule has 2 rings (SSSR count). The summed E-state index contributed by atoms with van der Waals surface area (Å²) in [6, 6.07) is 14.6. The lowest BCUT2D eigenvalue weighted by Gasteiger charge is -2.21. The second kappa shape index (κ2) is 6.56. The number of rotatable bonds is 4. The van der Waals surface area contributed by atoms with E-state index in [9.17, 15) is 0 Å². The zero-order valence-electron chi connectivity index (χ0n) is 11.1. The van der Waals surface area contributed by atoms with Gasteiger partial charge in [0.25, 0.3) is 0 Å². The second-order valence-corrected chi connectivity index (χ2v) is 5.90. The van der Waals surface area contributed by atoms with Crippen molar-refractivity contribution in [3.63, 3.8) is 0 Å². The summed E-state index contributed by atoms with van der Waals surface area (Å²) in [5.41, 5.74) is 3.80. The predicted molar refractivity (Wildman–Crippen MR) is 85.9 cm³/mol. The van der Waals surface area contributed by atoms with Crippen LogP contribution >= 0.6 is 27.5 Å². The molecule has 0 aromatic heterocycles. The largest absolute Gasteiger partial charge is 0.307 e. The molecule has 0 heterocycles. The maximum atomic E-state index is 5.97. The van der Waals surface area contributed by atoms with E-state index >= 15 is 0 Å². The van der Waals surface area contributed by atoms with Crippen molar-refractivity contribution in [3.05, 3.63) is 68.7 Å². The summed E-state index contributed by atoms with van der Waals surface area (Å²) in [7, 11) is 0. The highest BCUT2D eigenvalue weighted by molar-refractivity contribution is 9.10. The first-order valence-electron chi connectivity index (χ1n) is 6.36. The van der Waals surface area contributed by atoms with Crippen molar-refractivity contribution in [2.75, 3.05) is 6.54 Å². The van der Waals surface area contributed by atoms with Crippen LogP contribution in [0.5, 0.6) is 0 Å². The molecular formula is C16H17BrClN. The van der Waals surface area contributed by atoms with E-state index in [1.54, 1.807) is 0 Å². The molecule has 1 unspecified atom stereocenters. The first kappa shape index (κ1) is 14.6. The van der Waals surface area contributed by atoms with Crippen LogP contribution in [0, 0.1) is 6.92 Å². The molecule has 1 atom stereocenters. The van der Waals surface area contributed by atoms with Crippen LogP contribution in [0.15, 0.2) is 46.9 Å². The third kappa shape index (κ3) is 3.59. The van der Waals surface area contributed by atoms with Crippen LogP contribution in [0.2, 0.25) is 5.02 Å². The molecule has 0 aliphatic heterocycles. The summed E-state index contributed by atoms with van der Waals surface area (Å²) in [5.74, 6) is 0. The van der Waals surface area contributed by atoms with Crippen LogP contribution in [0.4, 0.5) is 0 Å². The van der Waals surface area contributed by atoms with Gasteiger partial charge in [-0.2, -0.15) is 0 Å². The molecule has 0 amide bonds. The highest BCUT2D eigenvalue weighted by Crippen LogP contribution is 2.28. The van der Waals surface area contributed by atoms with Gasteiger partial charge >= 0.3 is 0 Å². The highest BCUT2D eigenvalue weighted by atomic mass is 79.9. The number of hydrogen-bond acceptors (Lipinski definition) is 1. The second-order valence-electron chi connectivity index (χ2n) is 4.54. The minimum absolute atomic E-state index is 0.194. The maximum Gasteiger partial charge on any atom is 0.0579 e. The SMILES string of the molecule is CCNC(c1ccc(Cl)cc1)c1cc(Br)ccc1C. The van der Waals surface area contributed by atoms with Crippen molar-refractivity contribution in [3.8, 4) is 0 Å². The molecule has 1 N–H and O–H groups in total. The van der Waals surface area contributed by atoms with Gasteiger partial charge in [0.15, 0.2) is 0 Å². The van der Waals surface area contributed by atoms with Crippen molar-refractivity contribution in [1.82, 2.24) is 5.32 Å². The Morgan fingerprint density at radius 2 is 1.84 bits per heavy atom. The molecule has 19 heavy (non-hydrogen) atoms. The Kier molecular flexibility index (Phi) is 5.03. The standard InChI is InChI=1S/C16H17BrClN/c1-3-19-16(12-5-8-14(18)9-6-12)15-10-13(17)7-4-11(15)2/h4-10,16,19H,3H2,1-2H3. The fraction of sp³-hybridized carbons (Fsp3) is 0.250. The van der Waals surface area contributed by atoms with Gasteiger partial charge in [0.1, 0.15) is 0 Å². The normalized spacial score (nSPS) is 12.4. The Labute approximate surface area is 128 Å². The van der Waals surface area contributed by atoms with Crippen LogP contribution in [-0.4, -0.2) is 6.54 Å². The lowest BCUT2D eigenvalue weighted by molar-refractivity contribution is 0.627. The number of halogens is 2. The molecule has 0 saturated heterocycles. The molecule has 2 aromatic carbocycles. The van der Waals surface area contributed by atoms with Crippen LogP contribution in [-0.2, 0) is 0 Å². The highest BCUT2D eigenvalue weighted by Gasteiger charge is 2.15. The van der Waals surface area contributed by atoms with Gasteiger partial charge in [-0.05, 0) is 54.4 Å². The molecule has 0 aliphatic carbocycles. The molecule has 0 bridgehead atoms. The molecule has 2 aromatic rings. The molecular weight excluding hydrogens is 322 g/mol. The van der Waals surface area contributed by atoms with Crippen molar-refractivity contribution >= 4 is 27.5 Å². The van der Waals surface area contributed by atoms with Gasteiger partial charge in [-0.1, -0.05) is 52.7 Å². The zero-order chi connectivity index (χ0) is 13.8. The van der Waals surface area contributed by atoms with E-state index in [0.717, 1.165) is 16.0 Å². The summed E-state index contributed by atoms with van der Waals surface area (Å²) in [6.45, 7) is 5.18. The van der Waals surface area contributed by atoms with Gasteiger partial charge in [-0.25, -0.2) is 0 Å².